The van der Waals surface area contributed by atoms with Crippen molar-refractivity contribution in [3.63, 3.8) is 0 Å². The van der Waals surface area contributed by atoms with Gasteiger partial charge >= 0.3 is 0 Å². The Bertz CT molecular complexity index is 703. The largest absolute Gasteiger partial charge is 0.369 e. The number of anilines is 1. The summed E-state index contributed by atoms with van der Waals surface area (Å²) in [6.07, 6.45) is 0.985. The third kappa shape index (κ3) is 2.49. The minimum atomic E-state index is 0.309. The molecule has 5 heteroatoms. The van der Waals surface area contributed by atoms with Gasteiger partial charge in [-0.15, -0.1) is 11.3 Å². The van der Waals surface area contributed by atoms with Gasteiger partial charge in [0, 0.05) is 20.9 Å². The van der Waals surface area contributed by atoms with Crippen molar-refractivity contribution < 1.29 is 0 Å². The Kier molecular flexibility index (Phi) is 3.49. The normalized spacial score (nSPS) is 12.9. The van der Waals surface area contributed by atoms with Gasteiger partial charge in [0.2, 0.25) is 5.95 Å². The zero-order valence-electron chi connectivity index (χ0n) is 10.5. The molecule has 3 rings (SSSR count). The van der Waals surface area contributed by atoms with Crippen molar-refractivity contribution in [3.05, 3.63) is 44.2 Å². The molecule has 0 fully saturated rings. The summed E-state index contributed by atoms with van der Waals surface area (Å²) in [5, 5.41) is 2.11. The molecule has 0 aliphatic rings. The van der Waals surface area contributed by atoms with E-state index in [1.54, 1.807) is 11.3 Å². The number of rotatable bonds is 3. The fourth-order valence-electron chi connectivity index (χ4n) is 2.36. The summed E-state index contributed by atoms with van der Waals surface area (Å²) >= 11 is 4.08. The highest BCUT2D eigenvalue weighted by molar-refractivity contribution is 14.1. The molecule has 0 spiro atoms. The standard InChI is InChI=1S/C14H14IN3S/c1-9(7-11-3-2-6-19-11)18-13-5-4-10(15)8-12(13)17-14(18)16/h2-6,8-9H,7H2,1H3,(H2,16,17). The fourth-order valence-corrected chi connectivity index (χ4v) is 3.67. The Morgan fingerprint density at radius 1 is 1.42 bits per heavy atom. The number of aromatic nitrogens is 2. The first-order chi connectivity index (χ1) is 9.15. The number of nitrogen functional groups attached to an aromatic ring is 1. The third-order valence-corrected chi connectivity index (χ3v) is 4.77. The highest BCUT2D eigenvalue weighted by Gasteiger charge is 2.14. The van der Waals surface area contributed by atoms with Crippen molar-refractivity contribution in [2.24, 2.45) is 0 Å². The van der Waals surface area contributed by atoms with Crippen LogP contribution in [0.25, 0.3) is 11.0 Å². The zero-order chi connectivity index (χ0) is 13.4. The van der Waals surface area contributed by atoms with E-state index >= 15 is 0 Å². The Balaban J connectivity index is 2.01. The van der Waals surface area contributed by atoms with Crippen LogP contribution in [0.1, 0.15) is 17.8 Å². The Hall–Kier alpha value is -1.08. The van der Waals surface area contributed by atoms with Gasteiger partial charge in [-0.1, -0.05) is 6.07 Å². The second kappa shape index (κ2) is 5.13. The minimum absolute atomic E-state index is 0.309. The molecular formula is C14H14IN3S. The maximum atomic E-state index is 6.09. The molecule has 3 nitrogen and oxygen atoms in total. The molecular weight excluding hydrogens is 369 g/mol. The number of hydrogen-bond donors (Lipinski definition) is 1. The molecule has 0 aliphatic carbocycles. The van der Waals surface area contributed by atoms with Gasteiger partial charge in [0.15, 0.2) is 0 Å². The molecule has 0 radical (unpaired) electrons. The van der Waals surface area contributed by atoms with Crippen LogP contribution in [0.4, 0.5) is 5.95 Å². The predicted octanol–water partition coefficient (Wildman–Crippen LogP) is 4.09. The quantitative estimate of drug-likeness (QED) is 0.693. The van der Waals surface area contributed by atoms with Crippen LogP contribution in [0.2, 0.25) is 0 Å². The van der Waals surface area contributed by atoms with Crippen molar-refractivity contribution in [2.45, 2.75) is 19.4 Å². The molecule has 2 aromatic heterocycles. The Morgan fingerprint density at radius 2 is 2.26 bits per heavy atom. The fraction of sp³-hybridized carbons (Fsp3) is 0.214. The number of benzene rings is 1. The lowest BCUT2D eigenvalue weighted by Gasteiger charge is -2.15. The van der Waals surface area contributed by atoms with Crippen molar-refractivity contribution in [2.75, 3.05) is 5.73 Å². The Morgan fingerprint density at radius 3 is 3.00 bits per heavy atom. The van der Waals surface area contributed by atoms with Gasteiger partial charge in [-0.2, -0.15) is 0 Å². The predicted molar refractivity (Wildman–Crippen MR) is 89.6 cm³/mol. The first kappa shape index (κ1) is 12.9. The van der Waals surface area contributed by atoms with Gasteiger partial charge in [0.1, 0.15) is 0 Å². The number of halogens is 1. The number of nitrogens with zero attached hydrogens (tertiary/aromatic N) is 2. The highest BCUT2D eigenvalue weighted by Crippen LogP contribution is 2.27. The number of nitrogens with two attached hydrogens (primary N) is 1. The van der Waals surface area contributed by atoms with Crippen molar-refractivity contribution in [1.82, 2.24) is 9.55 Å². The zero-order valence-corrected chi connectivity index (χ0v) is 13.5. The van der Waals surface area contributed by atoms with Crippen molar-refractivity contribution in [3.8, 4) is 0 Å². The van der Waals surface area contributed by atoms with Gasteiger partial charge < -0.3 is 10.3 Å². The summed E-state index contributed by atoms with van der Waals surface area (Å²) in [6, 6.07) is 10.8. The molecule has 0 aliphatic heterocycles. The SMILES string of the molecule is CC(Cc1cccs1)n1c(N)nc2cc(I)ccc21. The lowest BCUT2D eigenvalue weighted by molar-refractivity contribution is 0.571. The van der Waals surface area contributed by atoms with E-state index in [4.69, 9.17) is 5.73 Å². The first-order valence-corrected chi connectivity index (χ1v) is 8.06. The van der Waals surface area contributed by atoms with E-state index in [9.17, 15) is 0 Å². The van der Waals surface area contributed by atoms with Crippen molar-refractivity contribution in [1.29, 1.82) is 0 Å². The minimum Gasteiger partial charge on any atom is -0.369 e. The van der Waals surface area contributed by atoms with E-state index in [0.717, 1.165) is 17.5 Å². The van der Waals surface area contributed by atoms with Gasteiger partial charge in [-0.05, 0) is 59.2 Å². The van der Waals surface area contributed by atoms with E-state index in [0.29, 0.717) is 12.0 Å². The van der Waals surface area contributed by atoms with Gasteiger partial charge in [-0.25, -0.2) is 4.98 Å². The monoisotopic (exact) mass is 383 g/mol. The molecule has 0 saturated heterocycles. The summed E-state index contributed by atoms with van der Waals surface area (Å²) < 4.78 is 3.31. The van der Waals surface area contributed by atoms with E-state index in [1.165, 1.54) is 8.45 Å². The van der Waals surface area contributed by atoms with Crippen LogP contribution in [0.3, 0.4) is 0 Å². The number of hydrogen-bond acceptors (Lipinski definition) is 3. The maximum absolute atomic E-state index is 6.09. The molecule has 1 atom stereocenters. The second-order valence-electron chi connectivity index (χ2n) is 4.61. The number of fused-ring (bicyclic) bond motifs is 1. The molecule has 3 aromatic rings. The van der Waals surface area contributed by atoms with Crippen LogP contribution < -0.4 is 5.73 Å². The molecule has 1 unspecified atom stereocenters. The van der Waals surface area contributed by atoms with Crippen LogP contribution in [-0.4, -0.2) is 9.55 Å². The second-order valence-corrected chi connectivity index (χ2v) is 6.88. The molecule has 1 aromatic carbocycles. The molecule has 0 amide bonds. The number of thiophene rings is 1. The topological polar surface area (TPSA) is 43.8 Å². The average Bonchev–Trinajstić information content (AvgIpc) is 2.95. The van der Waals surface area contributed by atoms with Crippen LogP contribution in [-0.2, 0) is 6.42 Å². The summed E-state index contributed by atoms with van der Waals surface area (Å²) in [7, 11) is 0. The molecule has 2 N–H and O–H groups in total. The number of imidazole rings is 1. The van der Waals surface area contributed by atoms with Gasteiger partial charge in [0.25, 0.3) is 0 Å². The van der Waals surface area contributed by atoms with Crippen molar-refractivity contribution >= 4 is 50.9 Å². The first-order valence-electron chi connectivity index (χ1n) is 6.10. The van der Waals surface area contributed by atoms with E-state index in [2.05, 4.69) is 74.8 Å². The van der Waals surface area contributed by atoms with Crippen LogP contribution in [0.15, 0.2) is 35.7 Å². The highest BCUT2D eigenvalue weighted by atomic mass is 127. The van der Waals surface area contributed by atoms with Crippen LogP contribution in [0.5, 0.6) is 0 Å². The van der Waals surface area contributed by atoms with E-state index in [1.807, 2.05) is 0 Å². The summed E-state index contributed by atoms with van der Waals surface area (Å²) in [6.45, 7) is 2.19. The van der Waals surface area contributed by atoms with E-state index in [-0.39, 0.29) is 0 Å². The molecule has 19 heavy (non-hydrogen) atoms. The smallest absolute Gasteiger partial charge is 0.201 e. The maximum Gasteiger partial charge on any atom is 0.201 e. The molecule has 2 heterocycles. The Labute approximate surface area is 129 Å². The summed E-state index contributed by atoms with van der Waals surface area (Å²) in [4.78, 5) is 5.84. The molecule has 0 saturated carbocycles. The summed E-state index contributed by atoms with van der Waals surface area (Å²) in [5.41, 5.74) is 8.17. The van der Waals surface area contributed by atoms with E-state index < -0.39 is 0 Å². The lowest BCUT2D eigenvalue weighted by Crippen LogP contribution is -2.10. The third-order valence-electron chi connectivity index (χ3n) is 3.20. The lowest BCUT2D eigenvalue weighted by atomic mass is 10.2. The molecule has 0 bridgehead atoms. The van der Waals surface area contributed by atoms with Gasteiger partial charge in [0.05, 0.1) is 11.0 Å². The molecule has 98 valence electrons. The van der Waals surface area contributed by atoms with Gasteiger partial charge in [-0.3, -0.25) is 0 Å². The van der Waals surface area contributed by atoms with Crippen LogP contribution >= 0.6 is 33.9 Å². The van der Waals surface area contributed by atoms with Crippen LogP contribution in [0, 0.1) is 3.57 Å². The average molecular weight is 383 g/mol. The summed E-state index contributed by atoms with van der Waals surface area (Å²) in [5.74, 6) is 0.598.